The maximum Gasteiger partial charge on any atom is 0.207 e. The third kappa shape index (κ3) is 11.3. The number of nitrogens with zero attached hydrogens (tertiary/aromatic N) is 4. The third-order valence-corrected chi connectivity index (χ3v) is 10.9. The van der Waals surface area contributed by atoms with Crippen molar-refractivity contribution >= 4 is 75.9 Å². The van der Waals surface area contributed by atoms with Crippen LogP contribution in [0.2, 0.25) is 5.02 Å². The summed E-state index contributed by atoms with van der Waals surface area (Å²) >= 11 is 13.5. The van der Waals surface area contributed by atoms with Gasteiger partial charge in [-0.1, -0.05) is 47.0 Å². The molecule has 2 N–H and O–H groups in total. The van der Waals surface area contributed by atoms with Crippen LogP contribution in [0.5, 0.6) is 0 Å². The molecular formula is C46H54Cl2N6O4. The standard InChI is InChI=1S/C46H54Cl2N6O4/c1-30(2)52-53(6)33(5)21-42-43(47)14-13-41(45(42)51-17-16-49-29-56)35(11-10-18-58-40-19-31(3)44(48)32(4)20-40)24-36-22-34(28-57-7)23-37-25-39(27-55)54(46(36)37)26-38-12-8-9-15-50-38/h8-9,12-15,19,21-25,27,29,40,51H,10-11,16-18,20,26,28H2,1-7H3,(H,49,56)/b33-21+,35-24+. The summed E-state index contributed by atoms with van der Waals surface area (Å²) in [4.78, 5) is 28.4. The molecular weight excluding hydrogens is 771 g/mol. The van der Waals surface area contributed by atoms with Crippen molar-refractivity contribution in [2.45, 2.75) is 73.1 Å². The van der Waals surface area contributed by atoms with E-state index in [9.17, 15) is 9.59 Å². The molecule has 5 rings (SSSR count). The molecule has 2 aromatic heterocycles. The molecule has 2 aromatic carbocycles. The molecule has 0 saturated heterocycles. The molecule has 0 radical (unpaired) electrons. The van der Waals surface area contributed by atoms with E-state index in [1.807, 2.05) is 86.8 Å². The Hall–Kier alpha value is -5.00. The first-order valence-corrected chi connectivity index (χ1v) is 20.2. The molecule has 12 heteroatoms. The van der Waals surface area contributed by atoms with Gasteiger partial charge >= 0.3 is 0 Å². The van der Waals surface area contributed by atoms with E-state index in [-0.39, 0.29) is 6.10 Å². The van der Waals surface area contributed by atoms with Crippen molar-refractivity contribution in [2.24, 2.45) is 5.10 Å². The molecule has 1 unspecified atom stereocenters. The average molecular weight is 826 g/mol. The smallest absolute Gasteiger partial charge is 0.207 e. The topological polar surface area (TPSA) is 110 Å². The molecule has 10 nitrogen and oxygen atoms in total. The molecule has 0 fully saturated rings. The number of benzene rings is 2. The first kappa shape index (κ1) is 44.1. The van der Waals surface area contributed by atoms with Crippen LogP contribution in [0.3, 0.4) is 0 Å². The van der Waals surface area contributed by atoms with Crippen LogP contribution in [0.4, 0.5) is 5.69 Å². The number of halogens is 2. The Labute approximate surface area is 352 Å². The molecule has 4 aromatic rings. The average Bonchev–Trinajstić information content (AvgIpc) is 3.55. The normalized spacial score (nSPS) is 14.7. The Balaban J connectivity index is 1.70. The second kappa shape index (κ2) is 21.1. The molecule has 0 saturated carbocycles. The molecule has 0 bridgehead atoms. The fourth-order valence-corrected chi connectivity index (χ4v) is 7.58. The van der Waals surface area contributed by atoms with Gasteiger partial charge < -0.3 is 24.7 Å². The Bertz CT molecular complexity index is 2250. The SMILES string of the molecule is COCc1cc(/C=C(\CCCOC2C=C(C)C(Cl)=C(C)C2)c2ccc(Cl)c(/C=C(\C)N(C)N=C(C)C)c2NCCNC=O)c2c(c1)cc(C=O)n2Cc1ccccn1. The van der Waals surface area contributed by atoms with E-state index in [4.69, 9.17) is 32.7 Å². The highest BCUT2D eigenvalue weighted by Gasteiger charge is 2.20. The lowest BCUT2D eigenvalue weighted by atomic mass is 9.93. The number of aromatic nitrogens is 2. The van der Waals surface area contributed by atoms with E-state index in [0.29, 0.717) is 62.8 Å². The van der Waals surface area contributed by atoms with Crippen molar-refractivity contribution in [3.8, 4) is 0 Å². The summed E-state index contributed by atoms with van der Waals surface area (Å²) < 4.78 is 14.1. The molecule has 1 amide bonds. The molecule has 0 spiro atoms. The number of hydrogen-bond acceptors (Lipinski definition) is 8. The van der Waals surface area contributed by atoms with Crippen LogP contribution in [0.25, 0.3) is 28.6 Å². The Morgan fingerprint density at radius 3 is 2.57 bits per heavy atom. The lowest BCUT2D eigenvalue weighted by molar-refractivity contribution is -0.109. The lowest BCUT2D eigenvalue weighted by Gasteiger charge is -2.23. The van der Waals surface area contributed by atoms with Gasteiger partial charge in [0.1, 0.15) is 0 Å². The van der Waals surface area contributed by atoms with Crippen LogP contribution in [-0.4, -0.2) is 72.9 Å². The number of anilines is 1. The van der Waals surface area contributed by atoms with Gasteiger partial charge in [-0.05, 0) is 125 Å². The van der Waals surface area contributed by atoms with Crippen molar-refractivity contribution in [1.29, 1.82) is 0 Å². The van der Waals surface area contributed by atoms with Crippen molar-refractivity contribution in [3.05, 3.63) is 121 Å². The van der Waals surface area contributed by atoms with Crippen molar-refractivity contribution in [2.75, 3.05) is 39.2 Å². The number of methoxy groups -OCH3 is 1. The Morgan fingerprint density at radius 2 is 1.88 bits per heavy atom. The maximum atomic E-state index is 12.6. The first-order chi connectivity index (χ1) is 27.9. The summed E-state index contributed by atoms with van der Waals surface area (Å²) in [5, 5.41) is 15.1. The summed E-state index contributed by atoms with van der Waals surface area (Å²) in [6, 6.07) is 15.9. The van der Waals surface area contributed by atoms with Crippen LogP contribution in [0.1, 0.15) is 92.3 Å². The van der Waals surface area contributed by atoms with Gasteiger partial charge in [0, 0.05) is 78.0 Å². The van der Waals surface area contributed by atoms with E-state index < -0.39 is 0 Å². The number of fused-ring (bicyclic) bond motifs is 1. The molecule has 58 heavy (non-hydrogen) atoms. The summed E-state index contributed by atoms with van der Waals surface area (Å²) in [6.07, 6.45) is 11.7. The number of allylic oxidation sites excluding steroid dienone is 4. The first-order valence-electron chi connectivity index (χ1n) is 19.5. The minimum atomic E-state index is -0.0545. The Morgan fingerprint density at radius 1 is 1.07 bits per heavy atom. The summed E-state index contributed by atoms with van der Waals surface area (Å²) in [5.74, 6) is 0. The van der Waals surface area contributed by atoms with Gasteiger partial charge in [0.05, 0.1) is 41.8 Å². The second-order valence-corrected chi connectivity index (χ2v) is 15.5. The van der Waals surface area contributed by atoms with Crippen LogP contribution in [0, 0.1) is 0 Å². The third-order valence-electron chi connectivity index (χ3n) is 9.91. The zero-order valence-electron chi connectivity index (χ0n) is 34.5. The summed E-state index contributed by atoms with van der Waals surface area (Å²) in [6.45, 7) is 12.2. The molecule has 1 aliphatic carbocycles. The van der Waals surface area contributed by atoms with Crippen LogP contribution < -0.4 is 10.6 Å². The number of hydrogen-bond donors (Lipinski definition) is 2. The number of carbonyl (C=O) groups excluding carboxylic acids is 2. The lowest BCUT2D eigenvalue weighted by Crippen LogP contribution is -2.21. The minimum Gasteiger partial charge on any atom is -0.382 e. The van der Waals surface area contributed by atoms with Crippen LogP contribution in [0.15, 0.2) is 87.8 Å². The monoisotopic (exact) mass is 824 g/mol. The number of pyridine rings is 1. The van der Waals surface area contributed by atoms with E-state index >= 15 is 0 Å². The number of rotatable bonds is 20. The molecule has 0 aliphatic heterocycles. The maximum absolute atomic E-state index is 12.6. The largest absolute Gasteiger partial charge is 0.382 e. The summed E-state index contributed by atoms with van der Waals surface area (Å²) in [7, 11) is 3.58. The highest BCUT2D eigenvalue weighted by atomic mass is 35.5. The van der Waals surface area contributed by atoms with Gasteiger partial charge in [-0.2, -0.15) is 5.10 Å². The number of carbonyl (C=O) groups is 2. The van der Waals surface area contributed by atoms with Gasteiger partial charge in [0.15, 0.2) is 6.29 Å². The van der Waals surface area contributed by atoms with Crippen LogP contribution in [-0.2, 0) is 27.4 Å². The predicted octanol–water partition coefficient (Wildman–Crippen LogP) is 10.1. The van der Waals surface area contributed by atoms with E-state index in [1.165, 1.54) is 0 Å². The van der Waals surface area contributed by atoms with Gasteiger partial charge in [0.2, 0.25) is 6.41 Å². The molecule has 2 heterocycles. The van der Waals surface area contributed by atoms with Gasteiger partial charge in [0.25, 0.3) is 0 Å². The van der Waals surface area contributed by atoms with Crippen molar-refractivity contribution in [3.63, 3.8) is 0 Å². The highest BCUT2D eigenvalue weighted by Crippen LogP contribution is 2.39. The fraction of sp³-hybridized carbons (Fsp3) is 0.348. The number of nitrogens with one attached hydrogen (secondary N) is 2. The van der Waals surface area contributed by atoms with E-state index in [1.54, 1.807) is 13.3 Å². The number of ether oxygens (including phenoxy) is 2. The van der Waals surface area contributed by atoms with Crippen molar-refractivity contribution < 1.29 is 19.1 Å². The zero-order valence-corrected chi connectivity index (χ0v) is 36.0. The van der Waals surface area contributed by atoms with Gasteiger partial charge in [-0.3, -0.25) is 19.6 Å². The van der Waals surface area contributed by atoms with E-state index in [0.717, 1.165) is 90.4 Å². The highest BCUT2D eigenvalue weighted by molar-refractivity contribution is 6.33. The molecule has 1 atom stereocenters. The second-order valence-electron chi connectivity index (χ2n) is 14.7. The van der Waals surface area contributed by atoms with Crippen LogP contribution >= 0.6 is 23.2 Å². The number of hydrazone groups is 1. The summed E-state index contributed by atoms with van der Waals surface area (Å²) in [5.41, 5.74) is 11.7. The van der Waals surface area contributed by atoms with Crippen molar-refractivity contribution in [1.82, 2.24) is 19.9 Å². The number of aldehydes is 1. The zero-order chi connectivity index (χ0) is 41.8. The number of amides is 1. The molecule has 306 valence electrons. The fourth-order valence-electron chi connectivity index (χ4n) is 7.22. The predicted molar refractivity (Wildman–Crippen MR) is 239 cm³/mol. The Kier molecular flexibility index (Phi) is 16.1. The quantitative estimate of drug-likeness (QED) is 0.0300. The van der Waals surface area contributed by atoms with Gasteiger partial charge in [-0.15, -0.1) is 0 Å². The minimum absolute atomic E-state index is 0.0545. The van der Waals surface area contributed by atoms with Gasteiger partial charge in [-0.25, -0.2) is 0 Å². The van der Waals surface area contributed by atoms with E-state index in [2.05, 4.69) is 51.9 Å². The molecule has 1 aliphatic rings.